The van der Waals surface area contributed by atoms with Crippen LogP contribution in [-0.4, -0.2) is 27.2 Å². The van der Waals surface area contributed by atoms with Crippen molar-refractivity contribution in [3.05, 3.63) is 69.8 Å². The first-order chi connectivity index (χ1) is 13.4. The van der Waals surface area contributed by atoms with Gasteiger partial charge in [0, 0.05) is 6.54 Å². The van der Waals surface area contributed by atoms with Gasteiger partial charge in [-0.05, 0) is 48.8 Å². The summed E-state index contributed by atoms with van der Waals surface area (Å²) in [7, 11) is 0. The molecular formula is C21H20N4O3. The predicted molar refractivity (Wildman–Crippen MR) is 109 cm³/mol. The molecule has 7 nitrogen and oxygen atoms in total. The number of carbonyl (C=O) groups is 1. The fourth-order valence-corrected chi connectivity index (χ4v) is 3.42. The highest BCUT2D eigenvalue weighted by atomic mass is 16.4. The highest BCUT2D eigenvalue weighted by Crippen LogP contribution is 2.28. The number of allylic oxidation sites excluding steroid dienone is 1. The summed E-state index contributed by atoms with van der Waals surface area (Å²) < 4.78 is 1.69. The van der Waals surface area contributed by atoms with Gasteiger partial charge in [0.25, 0.3) is 5.56 Å². The third-order valence-corrected chi connectivity index (χ3v) is 4.89. The van der Waals surface area contributed by atoms with Crippen LogP contribution in [-0.2, 0) is 11.3 Å². The van der Waals surface area contributed by atoms with Crippen LogP contribution < -0.4 is 16.4 Å². The zero-order valence-corrected chi connectivity index (χ0v) is 15.4. The molecule has 0 aliphatic carbocycles. The molecule has 142 valence electrons. The fourth-order valence-electron chi connectivity index (χ4n) is 3.42. The summed E-state index contributed by atoms with van der Waals surface area (Å²) in [5.74, 6) is 5.43. The van der Waals surface area contributed by atoms with E-state index in [1.807, 2.05) is 31.2 Å². The lowest BCUT2D eigenvalue weighted by molar-refractivity contribution is -0.135. The van der Waals surface area contributed by atoms with Crippen molar-refractivity contribution in [2.45, 2.75) is 19.9 Å². The second kappa shape index (κ2) is 6.94. The molecule has 0 saturated carbocycles. The molecule has 1 aliphatic heterocycles. The van der Waals surface area contributed by atoms with Gasteiger partial charge in [-0.15, -0.1) is 0 Å². The first-order valence-corrected chi connectivity index (χ1v) is 8.98. The van der Waals surface area contributed by atoms with Crippen LogP contribution in [0.1, 0.15) is 23.4 Å². The van der Waals surface area contributed by atoms with Crippen LogP contribution in [0.5, 0.6) is 0 Å². The van der Waals surface area contributed by atoms with Crippen molar-refractivity contribution < 1.29 is 9.90 Å². The molecule has 0 bridgehead atoms. The Morgan fingerprint density at radius 3 is 2.75 bits per heavy atom. The van der Waals surface area contributed by atoms with E-state index in [1.165, 1.54) is 5.56 Å². The molecule has 4 rings (SSSR count). The normalized spacial score (nSPS) is 14.4. The maximum atomic E-state index is 12.9. The highest BCUT2D eigenvalue weighted by Gasteiger charge is 2.21. The SMILES string of the molecule is Cc1ccc(C=C2CCn3c2nc2cc(N(N)CC(=O)O)ccc2c3=O)cc1. The summed E-state index contributed by atoms with van der Waals surface area (Å²) in [6.45, 7) is 2.30. The van der Waals surface area contributed by atoms with E-state index in [9.17, 15) is 9.59 Å². The van der Waals surface area contributed by atoms with E-state index in [0.717, 1.165) is 22.6 Å². The predicted octanol–water partition coefficient (Wildman–Crippen LogP) is 2.41. The molecule has 2 heterocycles. The van der Waals surface area contributed by atoms with Crippen LogP contribution in [0.2, 0.25) is 0 Å². The molecule has 0 radical (unpaired) electrons. The van der Waals surface area contributed by atoms with Crippen molar-refractivity contribution in [1.82, 2.24) is 9.55 Å². The molecular weight excluding hydrogens is 356 g/mol. The second-order valence-corrected chi connectivity index (χ2v) is 6.95. The van der Waals surface area contributed by atoms with Crippen molar-refractivity contribution in [2.75, 3.05) is 11.6 Å². The molecule has 3 N–H and O–H groups in total. The van der Waals surface area contributed by atoms with E-state index < -0.39 is 5.97 Å². The molecule has 0 unspecified atom stereocenters. The molecule has 0 atom stereocenters. The van der Waals surface area contributed by atoms with Crippen LogP contribution in [0.15, 0.2) is 47.3 Å². The Balaban J connectivity index is 1.80. The monoisotopic (exact) mass is 376 g/mol. The van der Waals surface area contributed by atoms with E-state index in [1.54, 1.807) is 22.8 Å². The number of hydrogen-bond acceptors (Lipinski definition) is 5. The first-order valence-electron chi connectivity index (χ1n) is 8.98. The summed E-state index contributed by atoms with van der Waals surface area (Å²) in [6.07, 6.45) is 2.79. The number of hydrazine groups is 1. The van der Waals surface area contributed by atoms with Gasteiger partial charge in [-0.2, -0.15) is 0 Å². The van der Waals surface area contributed by atoms with Gasteiger partial charge < -0.3 is 5.11 Å². The van der Waals surface area contributed by atoms with Crippen molar-refractivity contribution in [2.24, 2.45) is 5.84 Å². The zero-order chi connectivity index (χ0) is 19.8. The minimum absolute atomic E-state index is 0.0966. The molecule has 7 heteroatoms. The van der Waals surface area contributed by atoms with E-state index in [4.69, 9.17) is 15.9 Å². The molecule has 1 aliphatic rings. The van der Waals surface area contributed by atoms with Crippen molar-refractivity contribution in [1.29, 1.82) is 0 Å². The molecule has 28 heavy (non-hydrogen) atoms. The Morgan fingerprint density at radius 2 is 2.04 bits per heavy atom. The van der Waals surface area contributed by atoms with Crippen LogP contribution in [0.3, 0.4) is 0 Å². The lowest BCUT2D eigenvalue weighted by Crippen LogP contribution is -2.36. The number of carboxylic acids is 1. The number of hydrogen-bond donors (Lipinski definition) is 2. The van der Waals surface area contributed by atoms with Crippen LogP contribution in [0.4, 0.5) is 5.69 Å². The van der Waals surface area contributed by atoms with Gasteiger partial charge in [0.1, 0.15) is 12.4 Å². The van der Waals surface area contributed by atoms with E-state index in [0.29, 0.717) is 29.0 Å². The van der Waals surface area contributed by atoms with Gasteiger partial charge in [0.05, 0.1) is 16.6 Å². The Kier molecular flexibility index (Phi) is 4.44. The summed E-state index contributed by atoms with van der Waals surface area (Å²) >= 11 is 0. The standard InChI is InChI=1S/C21H20N4O3/c1-13-2-4-14(5-3-13)10-15-8-9-24-20(15)23-18-11-16(25(22)12-19(26)27)6-7-17(18)21(24)28/h2-7,10-11H,8-9,12,22H2,1H3,(H,26,27). The zero-order valence-electron chi connectivity index (χ0n) is 15.4. The van der Waals surface area contributed by atoms with Gasteiger partial charge in [-0.25, -0.2) is 10.8 Å². The van der Waals surface area contributed by atoms with Gasteiger partial charge in [0.2, 0.25) is 0 Å². The van der Waals surface area contributed by atoms with Crippen molar-refractivity contribution in [3.63, 3.8) is 0 Å². The third kappa shape index (κ3) is 3.27. The number of nitrogens with two attached hydrogens (primary N) is 1. The number of aliphatic carboxylic acids is 1. The Hall–Kier alpha value is -3.45. The van der Waals surface area contributed by atoms with Crippen molar-refractivity contribution >= 4 is 34.2 Å². The molecule has 3 aromatic rings. The third-order valence-electron chi connectivity index (χ3n) is 4.89. The number of nitrogens with zero attached hydrogens (tertiary/aromatic N) is 3. The lowest BCUT2D eigenvalue weighted by Gasteiger charge is -2.16. The topological polar surface area (TPSA) is 101 Å². The molecule has 0 fully saturated rings. The number of fused-ring (bicyclic) bond motifs is 2. The summed E-state index contributed by atoms with van der Waals surface area (Å²) in [5.41, 5.74) is 4.16. The number of anilines is 1. The summed E-state index contributed by atoms with van der Waals surface area (Å²) in [4.78, 5) is 28.5. The number of aryl methyl sites for hydroxylation is 1. The summed E-state index contributed by atoms with van der Waals surface area (Å²) in [6, 6.07) is 13.1. The van der Waals surface area contributed by atoms with Crippen LogP contribution >= 0.6 is 0 Å². The minimum atomic E-state index is -1.03. The molecule has 0 saturated heterocycles. The average Bonchev–Trinajstić information content (AvgIpc) is 3.06. The average molecular weight is 376 g/mol. The van der Waals surface area contributed by atoms with Crippen LogP contribution in [0.25, 0.3) is 22.6 Å². The van der Waals surface area contributed by atoms with Gasteiger partial charge in [-0.3, -0.25) is 19.2 Å². The number of benzene rings is 2. The van der Waals surface area contributed by atoms with Gasteiger partial charge >= 0.3 is 5.97 Å². The Morgan fingerprint density at radius 1 is 1.29 bits per heavy atom. The van der Waals surface area contributed by atoms with Crippen LogP contribution in [0, 0.1) is 6.92 Å². The maximum absolute atomic E-state index is 12.9. The molecule has 2 aromatic carbocycles. The van der Waals surface area contributed by atoms with E-state index in [2.05, 4.69) is 6.08 Å². The number of carboxylic acid groups (broad SMARTS) is 1. The Labute approximate surface area is 161 Å². The second-order valence-electron chi connectivity index (χ2n) is 6.95. The number of aromatic nitrogens is 2. The maximum Gasteiger partial charge on any atom is 0.324 e. The first kappa shape index (κ1) is 17.9. The van der Waals surface area contributed by atoms with Gasteiger partial charge in [0.15, 0.2) is 0 Å². The quantitative estimate of drug-likeness (QED) is 0.536. The number of rotatable bonds is 4. The van der Waals surface area contributed by atoms with E-state index in [-0.39, 0.29) is 12.1 Å². The smallest absolute Gasteiger partial charge is 0.324 e. The van der Waals surface area contributed by atoms with E-state index >= 15 is 0 Å². The van der Waals surface area contributed by atoms with Gasteiger partial charge in [-0.1, -0.05) is 29.8 Å². The summed E-state index contributed by atoms with van der Waals surface area (Å²) in [5, 5.41) is 10.5. The largest absolute Gasteiger partial charge is 0.480 e. The fraction of sp³-hybridized carbons (Fsp3) is 0.190. The minimum Gasteiger partial charge on any atom is -0.480 e. The molecule has 1 aromatic heterocycles. The highest BCUT2D eigenvalue weighted by molar-refractivity contribution is 5.87. The lowest BCUT2D eigenvalue weighted by atomic mass is 10.1. The molecule has 0 spiro atoms. The van der Waals surface area contributed by atoms with Crippen molar-refractivity contribution in [3.8, 4) is 0 Å². The Bertz CT molecular complexity index is 1160. The molecule has 0 amide bonds.